The van der Waals surface area contributed by atoms with Crippen LogP contribution in [0.2, 0.25) is 0 Å². The monoisotopic (exact) mass is 513 g/mol. The molecule has 1 amide bonds. The summed E-state index contributed by atoms with van der Waals surface area (Å²) in [6.07, 6.45) is 0.279. The van der Waals surface area contributed by atoms with E-state index in [2.05, 4.69) is 5.32 Å². The van der Waals surface area contributed by atoms with Crippen LogP contribution in [0.25, 0.3) is 11.1 Å². The van der Waals surface area contributed by atoms with Gasteiger partial charge in [-0.2, -0.15) is 0 Å². The van der Waals surface area contributed by atoms with Gasteiger partial charge in [0.1, 0.15) is 11.6 Å². The molecule has 0 radical (unpaired) electrons. The van der Waals surface area contributed by atoms with Crippen LogP contribution in [0.15, 0.2) is 108 Å². The van der Waals surface area contributed by atoms with Crippen LogP contribution in [0, 0.1) is 5.41 Å². The van der Waals surface area contributed by atoms with Gasteiger partial charge in [0, 0.05) is 29.5 Å². The van der Waals surface area contributed by atoms with Crippen molar-refractivity contribution in [1.29, 1.82) is 5.41 Å². The van der Waals surface area contributed by atoms with Crippen molar-refractivity contribution in [3.05, 3.63) is 120 Å². The second-order valence-corrected chi connectivity index (χ2v) is 10.5. The molecule has 37 heavy (non-hydrogen) atoms. The summed E-state index contributed by atoms with van der Waals surface area (Å²) in [7, 11) is -3.37. The highest BCUT2D eigenvalue weighted by atomic mass is 32.2. The molecular weight excluding hydrogens is 486 g/mol. The fourth-order valence-corrected chi connectivity index (χ4v) is 4.80. The van der Waals surface area contributed by atoms with E-state index in [1.807, 2.05) is 54.6 Å². The van der Waals surface area contributed by atoms with Gasteiger partial charge in [-0.25, -0.2) is 8.42 Å². The fraction of sp³-hybridized carbons (Fsp3) is 0.103. The van der Waals surface area contributed by atoms with Crippen molar-refractivity contribution in [3.63, 3.8) is 0 Å². The minimum absolute atomic E-state index is 0.0891. The van der Waals surface area contributed by atoms with Crippen LogP contribution in [0.4, 0.5) is 0 Å². The molecular formula is C29H27N3O4S. The first-order chi connectivity index (χ1) is 17.7. The third-order valence-electron chi connectivity index (χ3n) is 5.76. The Hall–Kier alpha value is -4.43. The van der Waals surface area contributed by atoms with Crippen LogP contribution >= 0.6 is 0 Å². The van der Waals surface area contributed by atoms with E-state index in [1.165, 1.54) is 6.26 Å². The topological polar surface area (TPSA) is 122 Å². The van der Waals surface area contributed by atoms with Crippen LogP contribution in [0.3, 0.4) is 0 Å². The third-order valence-corrected chi connectivity index (χ3v) is 6.91. The van der Waals surface area contributed by atoms with E-state index in [0.29, 0.717) is 22.4 Å². The molecule has 0 aliphatic carbocycles. The number of nitrogen functional groups attached to an aromatic ring is 1. The second-order valence-electron chi connectivity index (χ2n) is 8.53. The predicted molar refractivity (Wildman–Crippen MR) is 144 cm³/mol. The highest BCUT2D eigenvalue weighted by Gasteiger charge is 2.23. The molecule has 0 saturated carbocycles. The van der Waals surface area contributed by atoms with E-state index in [0.717, 1.165) is 11.1 Å². The number of carbonyl (C=O) groups is 1. The minimum atomic E-state index is -3.37. The standard InChI is InChI=1S/C29H27N3O4S/c1-37(34,35)26-13-6-5-12-25(26)21-16-14-20(15-17-21)19-32-29(33)27(22-8-3-2-4-9-22)36-24-11-7-10-23(18-24)28(30)31/h2-18,27H,19H2,1H3,(H3,30,31)(H,32,33). The first kappa shape index (κ1) is 25.7. The smallest absolute Gasteiger partial charge is 0.266 e. The van der Waals surface area contributed by atoms with E-state index in [9.17, 15) is 13.2 Å². The summed E-state index contributed by atoms with van der Waals surface area (Å²) in [6, 6.07) is 30.1. The number of carbonyl (C=O) groups excluding carboxylic acids is 1. The van der Waals surface area contributed by atoms with Crippen LogP contribution in [-0.4, -0.2) is 26.4 Å². The quantitative estimate of drug-likeness (QED) is 0.225. The zero-order valence-electron chi connectivity index (χ0n) is 20.2. The Bertz CT molecular complexity index is 1520. The number of hydrogen-bond acceptors (Lipinski definition) is 5. The van der Waals surface area contributed by atoms with E-state index in [-0.39, 0.29) is 23.2 Å². The average Bonchev–Trinajstić information content (AvgIpc) is 2.91. The Morgan fingerprint density at radius 3 is 2.27 bits per heavy atom. The number of benzene rings is 4. The molecule has 4 aromatic rings. The molecule has 8 heteroatoms. The second kappa shape index (κ2) is 11.1. The summed E-state index contributed by atoms with van der Waals surface area (Å²) < 4.78 is 30.4. The summed E-state index contributed by atoms with van der Waals surface area (Å²) in [5.74, 6) is 0.00490. The molecule has 1 unspecified atom stereocenters. The minimum Gasteiger partial charge on any atom is -0.476 e. The molecule has 0 aliphatic rings. The summed E-state index contributed by atoms with van der Waals surface area (Å²) in [4.78, 5) is 13.5. The number of ether oxygens (including phenoxy) is 1. The molecule has 7 nitrogen and oxygen atoms in total. The molecule has 0 heterocycles. The molecule has 0 bridgehead atoms. The zero-order chi connectivity index (χ0) is 26.4. The van der Waals surface area contributed by atoms with Gasteiger partial charge in [0.15, 0.2) is 9.84 Å². The first-order valence-electron chi connectivity index (χ1n) is 11.5. The average molecular weight is 514 g/mol. The highest BCUT2D eigenvalue weighted by molar-refractivity contribution is 7.90. The van der Waals surface area contributed by atoms with Crippen LogP contribution < -0.4 is 15.8 Å². The third kappa shape index (κ3) is 6.42. The number of rotatable bonds is 9. The Labute approximate surface area is 216 Å². The number of nitrogens with two attached hydrogens (primary N) is 1. The number of amidine groups is 1. The van der Waals surface area contributed by atoms with Gasteiger partial charge in [0.25, 0.3) is 5.91 Å². The number of amides is 1. The van der Waals surface area contributed by atoms with Gasteiger partial charge >= 0.3 is 0 Å². The highest BCUT2D eigenvalue weighted by Crippen LogP contribution is 2.28. The van der Waals surface area contributed by atoms with E-state index >= 15 is 0 Å². The molecule has 0 aliphatic heterocycles. The molecule has 0 aromatic heterocycles. The van der Waals surface area contributed by atoms with Crippen molar-refractivity contribution >= 4 is 21.6 Å². The summed E-state index contributed by atoms with van der Waals surface area (Å²) in [5.41, 5.74) is 9.02. The normalized spacial score (nSPS) is 11.9. The van der Waals surface area contributed by atoms with E-state index in [1.54, 1.807) is 48.5 Å². The fourth-order valence-electron chi connectivity index (χ4n) is 3.89. The lowest BCUT2D eigenvalue weighted by Crippen LogP contribution is -2.32. The maximum absolute atomic E-state index is 13.2. The number of hydrogen-bond donors (Lipinski definition) is 3. The van der Waals surface area contributed by atoms with Gasteiger partial charge in [-0.1, -0.05) is 84.9 Å². The Morgan fingerprint density at radius 1 is 0.919 bits per heavy atom. The van der Waals surface area contributed by atoms with Gasteiger partial charge < -0.3 is 15.8 Å². The van der Waals surface area contributed by atoms with Crippen molar-refractivity contribution in [1.82, 2.24) is 5.32 Å². The Balaban J connectivity index is 1.50. The molecule has 4 rings (SSSR count). The number of sulfone groups is 1. The molecule has 0 fully saturated rings. The van der Waals surface area contributed by atoms with Crippen molar-refractivity contribution in [3.8, 4) is 16.9 Å². The largest absolute Gasteiger partial charge is 0.476 e. The van der Waals surface area contributed by atoms with Gasteiger partial charge in [0.05, 0.1) is 4.90 Å². The van der Waals surface area contributed by atoms with E-state index < -0.39 is 15.9 Å². The van der Waals surface area contributed by atoms with Crippen LogP contribution in [0.5, 0.6) is 5.75 Å². The summed E-state index contributed by atoms with van der Waals surface area (Å²) in [6.45, 7) is 0.257. The van der Waals surface area contributed by atoms with Gasteiger partial charge in [-0.3, -0.25) is 10.2 Å². The van der Waals surface area contributed by atoms with Crippen molar-refractivity contribution in [2.24, 2.45) is 5.73 Å². The SMILES string of the molecule is CS(=O)(=O)c1ccccc1-c1ccc(CNC(=O)C(Oc2cccc(C(=N)N)c2)c2ccccc2)cc1. The molecule has 0 saturated heterocycles. The molecule has 188 valence electrons. The molecule has 1 atom stereocenters. The number of nitrogens with one attached hydrogen (secondary N) is 2. The van der Waals surface area contributed by atoms with Crippen LogP contribution in [-0.2, 0) is 21.2 Å². The lowest BCUT2D eigenvalue weighted by molar-refractivity contribution is -0.128. The summed E-state index contributed by atoms with van der Waals surface area (Å²) in [5, 5.41) is 10.6. The maximum atomic E-state index is 13.2. The van der Waals surface area contributed by atoms with Crippen molar-refractivity contribution in [2.45, 2.75) is 17.5 Å². The van der Waals surface area contributed by atoms with Crippen molar-refractivity contribution < 1.29 is 17.9 Å². The lowest BCUT2D eigenvalue weighted by atomic mass is 10.0. The molecule has 4 aromatic carbocycles. The van der Waals surface area contributed by atoms with Gasteiger partial charge in [-0.05, 0) is 29.3 Å². The maximum Gasteiger partial charge on any atom is 0.266 e. The van der Waals surface area contributed by atoms with Crippen LogP contribution in [0.1, 0.15) is 22.8 Å². The van der Waals surface area contributed by atoms with Crippen molar-refractivity contribution in [2.75, 3.05) is 6.26 Å². The molecule has 0 spiro atoms. The molecule has 4 N–H and O–H groups in total. The first-order valence-corrected chi connectivity index (χ1v) is 13.4. The Morgan fingerprint density at radius 2 is 1.59 bits per heavy atom. The van der Waals surface area contributed by atoms with Gasteiger partial charge in [-0.15, -0.1) is 0 Å². The summed E-state index contributed by atoms with van der Waals surface area (Å²) >= 11 is 0. The lowest BCUT2D eigenvalue weighted by Gasteiger charge is -2.20. The Kier molecular flexibility index (Phi) is 7.69. The predicted octanol–water partition coefficient (Wildman–Crippen LogP) is 4.48. The van der Waals surface area contributed by atoms with Gasteiger partial charge in [0.2, 0.25) is 6.10 Å². The zero-order valence-corrected chi connectivity index (χ0v) is 21.0. The van der Waals surface area contributed by atoms with E-state index in [4.69, 9.17) is 15.9 Å².